The first-order valence-corrected chi connectivity index (χ1v) is 5.91. The van der Waals surface area contributed by atoms with Crippen LogP contribution in [0.5, 0.6) is 0 Å². The van der Waals surface area contributed by atoms with Crippen LogP contribution >= 0.6 is 11.6 Å². The zero-order valence-corrected chi connectivity index (χ0v) is 10.9. The minimum atomic E-state index is -0.436. The smallest absolute Gasteiger partial charge is 0.221 e. The van der Waals surface area contributed by atoms with Crippen LogP contribution in [0, 0.1) is 5.82 Å². The normalized spacial score (nSPS) is 27.0. The third kappa shape index (κ3) is 1.82. The van der Waals surface area contributed by atoms with Crippen molar-refractivity contribution in [2.24, 2.45) is 0 Å². The predicted molar refractivity (Wildman–Crippen MR) is 65.6 cm³/mol. The SMILES string of the molecule is CC1(C)NC(=O)CC1(C)c1ccc(F)c(Cl)c1. The van der Waals surface area contributed by atoms with Gasteiger partial charge in [-0.1, -0.05) is 24.6 Å². The molecular formula is C13H15ClFNO. The van der Waals surface area contributed by atoms with Crippen molar-refractivity contribution in [1.29, 1.82) is 0 Å². The van der Waals surface area contributed by atoms with Gasteiger partial charge in [0.25, 0.3) is 0 Å². The van der Waals surface area contributed by atoms with Crippen LogP contribution in [0.15, 0.2) is 18.2 Å². The highest BCUT2D eigenvalue weighted by molar-refractivity contribution is 6.30. The van der Waals surface area contributed by atoms with Crippen LogP contribution in [-0.2, 0) is 10.2 Å². The summed E-state index contributed by atoms with van der Waals surface area (Å²) in [6, 6.07) is 4.66. The van der Waals surface area contributed by atoms with Crippen molar-refractivity contribution in [2.45, 2.75) is 38.1 Å². The van der Waals surface area contributed by atoms with E-state index in [4.69, 9.17) is 11.6 Å². The van der Waals surface area contributed by atoms with E-state index < -0.39 is 5.82 Å². The van der Waals surface area contributed by atoms with Gasteiger partial charge in [-0.3, -0.25) is 4.79 Å². The van der Waals surface area contributed by atoms with Gasteiger partial charge in [-0.15, -0.1) is 0 Å². The largest absolute Gasteiger partial charge is 0.350 e. The summed E-state index contributed by atoms with van der Waals surface area (Å²) in [5, 5.41) is 3.04. The highest BCUT2D eigenvalue weighted by atomic mass is 35.5. The van der Waals surface area contributed by atoms with Gasteiger partial charge in [0.2, 0.25) is 5.91 Å². The van der Waals surface area contributed by atoms with Crippen molar-refractivity contribution < 1.29 is 9.18 Å². The second-order valence-corrected chi connectivity index (χ2v) is 5.72. The van der Waals surface area contributed by atoms with Crippen molar-refractivity contribution in [3.8, 4) is 0 Å². The van der Waals surface area contributed by atoms with Crippen LogP contribution in [-0.4, -0.2) is 11.4 Å². The maximum atomic E-state index is 13.2. The molecule has 1 aromatic carbocycles. The van der Waals surface area contributed by atoms with Crippen LogP contribution in [0.2, 0.25) is 5.02 Å². The Morgan fingerprint density at radius 2 is 2.00 bits per heavy atom. The van der Waals surface area contributed by atoms with Crippen molar-refractivity contribution in [3.05, 3.63) is 34.6 Å². The van der Waals surface area contributed by atoms with Gasteiger partial charge < -0.3 is 5.32 Å². The fraction of sp³-hybridized carbons (Fsp3) is 0.462. The summed E-state index contributed by atoms with van der Waals surface area (Å²) in [6.07, 6.45) is 0.391. The first-order chi connectivity index (χ1) is 7.76. The van der Waals surface area contributed by atoms with Crippen LogP contribution in [0.3, 0.4) is 0 Å². The van der Waals surface area contributed by atoms with E-state index in [1.54, 1.807) is 12.1 Å². The van der Waals surface area contributed by atoms with E-state index >= 15 is 0 Å². The molecule has 1 heterocycles. The van der Waals surface area contributed by atoms with Crippen molar-refractivity contribution in [2.75, 3.05) is 0 Å². The lowest BCUT2D eigenvalue weighted by Gasteiger charge is -2.37. The molecule has 0 saturated carbocycles. The lowest BCUT2D eigenvalue weighted by molar-refractivity contribution is -0.119. The molecule has 0 aromatic heterocycles. The van der Waals surface area contributed by atoms with E-state index in [1.807, 2.05) is 20.8 Å². The lowest BCUT2D eigenvalue weighted by Crippen LogP contribution is -2.48. The quantitative estimate of drug-likeness (QED) is 0.821. The molecule has 0 aliphatic carbocycles. The third-order valence-corrected chi connectivity index (χ3v) is 4.19. The number of carbonyl (C=O) groups is 1. The lowest BCUT2D eigenvalue weighted by atomic mass is 9.69. The Bertz CT molecular complexity index is 486. The third-order valence-electron chi connectivity index (χ3n) is 3.90. The summed E-state index contributed by atoms with van der Waals surface area (Å²) in [5.41, 5.74) is 0.138. The summed E-state index contributed by atoms with van der Waals surface area (Å²) in [5.74, 6) is -0.424. The molecule has 1 unspecified atom stereocenters. The van der Waals surface area contributed by atoms with Gasteiger partial charge in [0, 0.05) is 17.4 Å². The summed E-state index contributed by atoms with van der Waals surface area (Å²) in [6.45, 7) is 5.93. The molecule has 0 spiro atoms. The minimum absolute atomic E-state index is 0.0120. The predicted octanol–water partition coefficient (Wildman–Crippen LogP) is 3.04. The Labute approximate surface area is 105 Å². The standard InChI is InChI=1S/C13H15ClFNO/c1-12(2)13(3,7-11(17)16-12)8-4-5-10(15)9(14)6-8/h4-6H,7H2,1-3H3,(H,16,17). The van der Waals surface area contributed by atoms with Crippen LogP contribution in [0.4, 0.5) is 4.39 Å². The summed E-state index contributed by atoms with van der Waals surface area (Å²) < 4.78 is 13.2. The van der Waals surface area contributed by atoms with Crippen molar-refractivity contribution >= 4 is 17.5 Å². The number of carbonyl (C=O) groups excluding carboxylic acids is 1. The highest BCUT2D eigenvalue weighted by Gasteiger charge is 2.50. The fourth-order valence-corrected chi connectivity index (χ4v) is 2.56. The molecule has 1 atom stereocenters. The second kappa shape index (κ2) is 3.70. The van der Waals surface area contributed by atoms with Gasteiger partial charge in [-0.2, -0.15) is 0 Å². The zero-order valence-electron chi connectivity index (χ0n) is 10.1. The second-order valence-electron chi connectivity index (χ2n) is 5.31. The molecule has 1 saturated heterocycles. The Morgan fingerprint density at radius 3 is 2.47 bits per heavy atom. The molecule has 1 aromatic rings. The molecule has 0 bridgehead atoms. The molecule has 1 amide bonds. The van der Waals surface area contributed by atoms with E-state index in [9.17, 15) is 9.18 Å². The molecule has 4 heteroatoms. The Hall–Kier alpha value is -1.09. The number of rotatable bonds is 1. The van der Waals surface area contributed by atoms with Gasteiger partial charge in [-0.25, -0.2) is 4.39 Å². The van der Waals surface area contributed by atoms with Crippen LogP contribution in [0.1, 0.15) is 32.8 Å². The Balaban J connectivity index is 2.51. The molecule has 1 fully saturated rings. The van der Waals surface area contributed by atoms with Crippen molar-refractivity contribution in [3.63, 3.8) is 0 Å². The van der Waals surface area contributed by atoms with E-state index in [0.29, 0.717) is 6.42 Å². The average molecular weight is 256 g/mol. The number of hydrogen-bond acceptors (Lipinski definition) is 1. The number of amides is 1. The summed E-state index contributed by atoms with van der Waals surface area (Å²) in [4.78, 5) is 11.6. The molecule has 2 rings (SSSR count). The Morgan fingerprint density at radius 1 is 1.35 bits per heavy atom. The van der Waals surface area contributed by atoms with Gasteiger partial charge in [0.1, 0.15) is 5.82 Å². The number of benzene rings is 1. The maximum absolute atomic E-state index is 13.2. The minimum Gasteiger partial charge on any atom is -0.350 e. The van der Waals surface area contributed by atoms with Gasteiger partial charge in [0.05, 0.1) is 5.02 Å². The Kier molecular flexibility index (Phi) is 2.69. The summed E-state index contributed by atoms with van der Waals surface area (Å²) in [7, 11) is 0. The van der Waals surface area contributed by atoms with Crippen molar-refractivity contribution in [1.82, 2.24) is 5.32 Å². The van der Waals surface area contributed by atoms with Crippen LogP contribution in [0.25, 0.3) is 0 Å². The molecule has 1 aliphatic heterocycles. The maximum Gasteiger partial charge on any atom is 0.221 e. The highest BCUT2D eigenvalue weighted by Crippen LogP contribution is 2.43. The monoisotopic (exact) mass is 255 g/mol. The summed E-state index contributed by atoms with van der Waals surface area (Å²) >= 11 is 5.80. The van der Waals surface area contributed by atoms with E-state index in [1.165, 1.54) is 6.07 Å². The molecule has 17 heavy (non-hydrogen) atoms. The first-order valence-electron chi connectivity index (χ1n) is 5.53. The van der Waals surface area contributed by atoms with Crippen LogP contribution < -0.4 is 5.32 Å². The van der Waals surface area contributed by atoms with Gasteiger partial charge >= 0.3 is 0 Å². The fourth-order valence-electron chi connectivity index (χ4n) is 2.38. The first kappa shape index (κ1) is 12.4. The number of nitrogens with one attached hydrogen (secondary N) is 1. The molecule has 1 aliphatic rings. The van der Waals surface area contributed by atoms with E-state index in [0.717, 1.165) is 5.56 Å². The average Bonchev–Trinajstić information content (AvgIpc) is 2.40. The molecule has 2 nitrogen and oxygen atoms in total. The molecular weight excluding hydrogens is 241 g/mol. The molecule has 92 valence electrons. The molecule has 1 N–H and O–H groups in total. The topological polar surface area (TPSA) is 29.1 Å². The number of hydrogen-bond donors (Lipinski definition) is 1. The number of halogens is 2. The van der Waals surface area contributed by atoms with Gasteiger partial charge in [0.15, 0.2) is 0 Å². The van der Waals surface area contributed by atoms with Gasteiger partial charge in [-0.05, 0) is 31.5 Å². The van der Waals surface area contributed by atoms with E-state index in [2.05, 4.69) is 5.32 Å². The molecule has 0 radical (unpaired) electrons. The zero-order chi connectivity index (χ0) is 12.8. The van der Waals surface area contributed by atoms with E-state index in [-0.39, 0.29) is 21.9 Å².